The van der Waals surface area contributed by atoms with Gasteiger partial charge in [-0.3, -0.25) is 9.59 Å². The van der Waals surface area contributed by atoms with E-state index in [9.17, 15) is 9.59 Å². The third kappa shape index (κ3) is 4.34. The summed E-state index contributed by atoms with van der Waals surface area (Å²) in [6.45, 7) is 3.71. The van der Waals surface area contributed by atoms with Gasteiger partial charge in [0.25, 0.3) is 11.8 Å². The molecule has 0 spiro atoms. The van der Waals surface area contributed by atoms with Crippen molar-refractivity contribution in [2.75, 3.05) is 31.5 Å². The first-order valence-electron chi connectivity index (χ1n) is 9.15. The molecule has 0 bridgehead atoms. The van der Waals surface area contributed by atoms with Gasteiger partial charge in [0.05, 0.1) is 16.8 Å². The van der Waals surface area contributed by atoms with Crippen molar-refractivity contribution in [2.24, 2.45) is 11.8 Å². The summed E-state index contributed by atoms with van der Waals surface area (Å²) in [5.74, 6) is 1.20. The Bertz CT molecular complexity index is 782. The van der Waals surface area contributed by atoms with Crippen molar-refractivity contribution in [2.45, 2.75) is 12.8 Å². The molecule has 0 unspecified atom stereocenters. The van der Waals surface area contributed by atoms with Crippen molar-refractivity contribution in [3.8, 4) is 0 Å². The first kappa shape index (κ1) is 19.9. The van der Waals surface area contributed by atoms with E-state index in [1.807, 2.05) is 22.4 Å². The number of benzene rings is 1. The third-order valence-electron chi connectivity index (χ3n) is 5.50. The normalized spacial score (nSPS) is 21.7. The van der Waals surface area contributed by atoms with E-state index in [2.05, 4.69) is 10.6 Å². The topological polar surface area (TPSA) is 61.4 Å². The van der Waals surface area contributed by atoms with Gasteiger partial charge in [0.1, 0.15) is 0 Å². The van der Waals surface area contributed by atoms with Crippen LogP contribution in [0.2, 0.25) is 0 Å². The molecule has 2 atom stereocenters. The summed E-state index contributed by atoms with van der Waals surface area (Å²) < 4.78 is 0. The molecule has 2 amide bonds. The lowest BCUT2D eigenvalue weighted by Gasteiger charge is -2.22. The van der Waals surface area contributed by atoms with Gasteiger partial charge in [0.2, 0.25) is 0 Å². The maximum absolute atomic E-state index is 13.1. The summed E-state index contributed by atoms with van der Waals surface area (Å²) >= 11 is 1.48. The van der Waals surface area contributed by atoms with Gasteiger partial charge < -0.3 is 15.5 Å². The smallest absolute Gasteiger partial charge is 0.256 e. The maximum Gasteiger partial charge on any atom is 0.256 e. The van der Waals surface area contributed by atoms with E-state index < -0.39 is 0 Å². The fraction of sp³-hybridized carbons (Fsp3) is 0.400. The minimum atomic E-state index is -0.178. The molecular formula is C20H24ClN3O2S. The molecule has 4 rings (SSSR count). The summed E-state index contributed by atoms with van der Waals surface area (Å²) in [5.41, 5.74) is 1.77. The van der Waals surface area contributed by atoms with E-state index >= 15 is 0 Å². The summed E-state index contributed by atoms with van der Waals surface area (Å²) in [6, 6.07) is 9.08. The number of nitrogens with one attached hydrogen (secondary N) is 2. The van der Waals surface area contributed by atoms with Gasteiger partial charge in [-0.05, 0) is 61.3 Å². The largest absolute Gasteiger partial charge is 0.339 e. The Balaban J connectivity index is 0.00000210. The molecule has 5 nitrogen and oxygen atoms in total. The van der Waals surface area contributed by atoms with Crippen LogP contribution in [0.25, 0.3) is 0 Å². The Morgan fingerprint density at radius 1 is 1.07 bits per heavy atom. The number of hydrogen-bond donors (Lipinski definition) is 2. The average molecular weight is 406 g/mol. The Morgan fingerprint density at radius 3 is 2.44 bits per heavy atom. The van der Waals surface area contributed by atoms with Crippen molar-refractivity contribution >= 4 is 41.2 Å². The Hall–Kier alpha value is -1.89. The predicted molar refractivity (Wildman–Crippen MR) is 111 cm³/mol. The van der Waals surface area contributed by atoms with Gasteiger partial charge in [-0.25, -0.2) is 0 Å². The molecule has 2 fully saturated rings. The highest BCUT2D eigenvalue weighted by atomic mass is 35.5. The van der Waals surface area contributed by atoms with Gasteiger partial charge in [0.15, 0.2) is 0 Å². The molecule has 2 aliphatic rings. The summed E-state index contributed by atoms with van der Waals surface area (Å²) in [4.78, 5) is 27.5. The molecule has 2 N–H and O–H groups in total. The number of hydrogen-bond acceptors (Lipinski definition) is 4. The van der Waals surface area contributed by atoms with Gasteiger partial charge >= 0.3 is 0 Å². The molecule has 27 heavy (non-hydrogen) atoms. The number of nitrogens with zero attached hydrogens (tertiary/aromatic N) is 1. The predicted octanol–water partition coefficient (Wildman–Crippen LogP) is 3.49. The molecule has 2 aromatic rings. The third-order valence-corrected chi connectivity index (χ3v) is 6.18. The number of amides is 2. The van der Waals surface area contributed by atoms with Crippen molar-refractivity contribution in [3.05, 3.63) is 52.2 Å². The second-order valence-electron chi connectivity index (χ2n) is 7.06. The standard InChI is InChI=1S/C20H23N3O2S.ClH/c24-19(16-7-10-26-13-16)22-18-4-2-1-3-17(18)20(25)23-8-5-14-11-21-12-15(14)6-9-23;/h1-4,7,10,13-15,21H,5-6,8-9,11-12H2,(H,22,24);1H/t14-,15+;. The number of anilines is 1. The molecule has 0 aliphatic carbocycles. The number of fused-ring (bicyclic) bond motifs is 1. The highest BCUT2D eigenvalue weighted by molar-refractivity contribution is 7.08. The molecule has 144 valence electrons. The lowest BCUT2D eigenvalue weighted by Crippen LogP contribution is -2.33. The van der Waals surface area contributed by atoms with Crippen molar-refractivity contribution in [3.63, 3.8) is 0 Å². The zero-order valence-electron chi connectivity index (χ0n) is 15.0. The molecular weight excluding hydrogens is 382 g/mol. The van der Waals surface area contributed by atoms with Gasteiger partial charge in [-0.15, -0.1) is 12.4 Å². The maximum atomic E-state index is 13.1. The molecule has 0 radical (unpaired) electrons. The average Bonchev–Trinajstić information content (AvgIpc) is 3.31. The summed E-state index contributed by atoms with van der Waals surface area (Å²) in [6.07, 6.45) is 2.10. The van der Waals surface area contributed by atoms with Crippen LogP contribution < -0.4 is 10.6 Å². The number of carbonyl (C=O) groups is 2. The van der Waals surface area contributed by atoms with Crippen LogP contribution in [0.1, 0.15) is 33.6 Å². The van der Waals surface area contributed by atoms with Gasteiger partial charge in [-0.2, -0.15) is 11.3 Å². The molecule has 0 saturated carbocycles. The Kier molecular flexibility index (Phi) is 6.52. The highest BCUT2D eigenvalue weighted by Gasteiger charge is 2.32. The second-order valence-corrected chi connectivity index (χ2v) is 7.84. The van der Waals surface area contributed by atoms with Crippen LogP contribution in [0, 0.1) is 11.8 Å². The van der Waals surface area contributed by atoms with E-state index in [1.54, 1.807) is 23.6 Å². The number of thiophene rings is 1. The van der Waals surface area contributed by atoms with Crippen molar-refractivity contribution in [1.82, 2.24) is 10.2 Å². The molecule has 2 saturated heterocycles. The molecule has 7 heteroatoms. The highest BCUT2D eigenvalue weighted by Crippen LogP contribution is 2.28. The van der Waals surface area contributed by atoms with Crippen LogP contribution in [-0.4, -0.2) is 42.9 Å². The Morgan fingerprint density at radius 2 is 1.78 bits per heavy atom. The van der Waals surface area contributed by atoms with Crippen LogP contribution in [0.4, 0.5) is 5.69 Å². The number of rotatable bonds is 3. The van der Waals surface area contributed by atoms with Crippen LogP contribution in [-0.2, 0) is 0 Å². The lowest BCUT2D eigenvalue weighted by atomic mass is 9.92. The number of likely N-dealkylation sites (tertiary alicyclic amines) is 1. The quantitative estimate of drug-likeness (QED) is 0.821. The van der Waals surface area contributed by atoms with E-state index in [0.717, 1.165) is 39.0 Å². The second kappa shape index (κ2) is 8.87. The minimum Gasteiger partial charge on any atom is -0.339 e. The SMILES string of the molecule is Cl.O=C(Nc1ccccc1C(=O)N1CC[C@@H]2CNC[C@@H]2CC1)c1ccsc1. The van der Waals surface area contributed by atoms with E-state index in [-0.39, 0.29) is 24.2 Å². The first-order chi connectivity index (χ1) is 12.7. The van der Waals surface area contributed by atoms with Gasteiger partial charge in [-0.1, -0.05) is 12.1 Å². The first-order valence-corrected chi connectivity index (χ1v) is 10.1. The van der Waals surface area contributed by atoms with Crippen LogP contribution in [0.5, 0.6) is 0 Å². The summed E-state index contributed by atoms with van der Waals surface area (Å²) in [7, 11) is 0. The molecule has 2 aliphatic heterocycles. The van der Waals surface area contributed by atoms with Crippen LogP contribution >= 0.6 is 23.7 Å². The fourth-order valence-electron chi connectivity index (χ4n) is 3.96. The zero-order valence-corrected chi connectivity index (χ0v) is 16.7. The monoisotopic (exact) mass is 405 g/mol. The fourth-order valence-corrected chi connectivity index (χ4v) is 4.59. The van der Waals surface area contributed by atoms with Crippen LogP contribution in [0.15, 0.2) is 41.1 Å². The minimum absolute atomic E-state index is 0. The molecule has 3 heterocycles. The zero-order chi connectivity index (χ0) is 17.9. The van der Waals surface area contributed by atoms with Crippen LogP contribution in [0.3, 0.4) is 0 Å². The molecule has 1 aromatic carbocycles. The van der Waals surface area contributed by atoms with Gasteiger partial charge in [0, 0.05) is 18.5 Å². The number of para-hydroxylation sites is 1. The van der Waals surface area contributed by atoms with E-state index in [4.69, 9.17) is 0 Å². The van der Waals surface area contributed by atoms with Crippen molar-refractivity contribution in [1.29, 1.82) is 0 Å². The van der Waals surface area contributed by atoms with Crippen molar-refractivity contribution < 1.29 is 9.59 Å². The lowest BCUT2D eigenvalue weighted by molar-refractivity contribution is 0.0759. The number of carbonyl (C=O) groups excluding carboxylic acids is 2. The number of halogens is 1. The van der Waals surface area contributed by atoms with E-state index in [0.29, 0.717) is 28.7 Å². The summed E-state index contributed by atoms with van der Waals surface area (Å²) in [5, 5.41) is 10.0. The van der Waals surface area contributed by atoms with E-state index in [1.165, 1.54) is 11.3 Å². The Labute approximate surface area is 169 Å². The molecule has 1 aromatic heterocycles.